The highest BCUT2D eigenvalue weighted by atomic mass is 35.5. The normalized spacial score (nSPS) is 22.8. The number of aromatic nitrogens is 2. The van der Waals surface area contributed by atoms with Crippen molar-refractivity contribution in [1.82, 2.24) is 15.1 Å². The molecule has 2 rings (SSSR count). The molecule has 0 bridgehead atoms. The van der Waals surface area contributed by atoms with Crippen molar-refractivity contribution in [2.24, 2.45) is 16.7 Å². The van der Waals surface area contributed by atoms with Gasteiger partial charge in [-0.2, -0.15) is 5.10 Å². The number of halogens is 1. The molecule has 0 amide bonds. The van der Waals surface area contributed by atoms with E-state index in [2.05, 4.69) is 52.0 Å². The Labute approximate surface area is 121 Å². The lowest BCUT2D eigenvalue weighted by Crippen LogP contribution is -2.25. The zero-order valence-electron chi connectivity index (χ0n) is 13.1. The fourth-order valence-electron chi connectivity index (χ4n) is 3.60. The van der Waals surface area contributed by atoms with Crippen molar-refractivity contribution >= 4 is 11.6 Å². The summed E-state index contributed by atoms with van der Waals surface area (Å²) in [5.74, 6) is 0.566. The first-order valence-corrected chi connectivity index (χ1v) is 7.44. The van der Waals surface area contributed by atoms with Crippen LogP contribution in [0.2, 0.25) is 5.02 Å². The molecular formula is C15H26ClN3. The third-order valence-corrected chi connectivity index (χ3v) is 5.64. The number of nitrogens with zero attached hydrogens (tertiary/aromatic N) is 2. The Hall–Kier alpha value is -0.540. The van der Waals surface area contributed by atoms with Crippen LogP contribution in [0.15, 0.2) is 6.20 Å². The van der Waals surface area contributed by atoms with Gasteiger partial charge in [0.1, 0.15) is 0 Å². The molecule has 1 aromatic heterocycles. The standard InChI is InChI=1S/C15H26ClN3/c1-9(2)19-12(10(16)8-18-19)11(17-7)13-14(3,4)15(13,5)6/h8-9,11,13,17H,1-7H3. The molecule has 1 aliphatic rings. The van der Waals surface area contributed by atoms with Crippen LogP contribution in [0.1, 0.15) is 59.3 Å². The summed E-state index contributed by atoms with van der Waals surface area (Å²) < 4.78 is 2.05. The van der Waals surface area contributed by atoms with Crippen molar-refractivity contribution in [2.45, 2.75) is 53.6 Å². The molecule has 108 valence electrons. The topological polar surface area (TPSA) is 29.9 Å². The van der Waals surface area contributed by atoms with Crippen LogP contribution in [0, 0.1) is 16.7 Å². The summed E-state index contributed by atoms with van der Waals surface area (Å²) in [6.45, 7) is 13.6. The lowest BCUT2D eigenvalue weighted by molar-refractivity contribution is 0.389. The molecule has 1 aromatic rings. The predicted molar refractivity (Wildman–Crippen MR) is 80.5 cm³/mol. The molecule has 1 N–H and O–H groups in total. The molecule has 0 saturated heterocycles. The van der Waals surface area contributed by atoms with Crippen molar-refractivity contribution in [2.75, 3.05) is 7.05 Å². The van der Waals surface area contributed by atoms with Gasteiger partial charge in [0.05, 0.1) is 23.0 Å². The summed E-state index contributed by atoms with van der Waals surface area (Å²) in [5.41, 5.74) is 1.76. The molecule has 1 aliphatic carbocycles. The van der Waals surface area contributed by atoms with E-state index in [1.165, 1.54) is 0 Å². The van der Waals surface area contributed by atoms with Gasteiger partial charge in [0.25, 0.3) is 0 Å². The summed E-state index contributed by atoms with van der Waals surface area (Å²) in [6.07, 6.45) is 1.77. The first kappa shape index (κ1) is 14.9. The molecule has 1 unspecified atom stereocenters. The van der Waals surface area contributed by atoms with E-state index in [-0.39, 0.29) is 6.04 Å². The summed E-state index contributed by atoms with van der Waals surface area (Å²) >= 11 is 6.40. The SMILES string of the molecule is CNC(c1c(Cl)cnn1C(C)C)C1C(C)(C)C1(C)C. The smallest absolute Gasteiger partial charge is 0.0834 e. The van der Waals surface area contributed by atoms with Crippen LogP contribution in [0.5, 0.6) is 0 Å². The van der Waals surface area contributed by atoms with E-state index in [0.717, 1.165) is 10.7 Å². The van der Waals surface area contributed by atoms with Crippen LogP contribution < -0.4 is 5.32 Å². The monoisotopic (exact) mass is 283 g/mol. The van der Waals surface area contributed by atoms with Gasteiger partial charge in [-0.3, -0.25) is 4.68 Å². The van der Waals surface area contributed by atoms with E-state index in [1.54, 1.807) is 6.20 Å². The number of rotatable bonds is 4. The minimum Gasteiger partial charge on any atom is -0.311 e. The Kier molecular flexibility index (Phi) is 3.51. The highest BCUT2D eigenvalue weighted by Gasteiger charge is 2.67. The van der Waals surface area contributed by atoms with Gasteiger partial charge in [-0.15, -0.1) is 0 Å². The van der Waals surface area contributed by atoms with Crippen LogP contribution in [-0.2, 0) is 0 Å². The van der Waals surface area contributed by atoms with Gasteiger partial charge < -0.3 is 5.32 Å². The predicted octanol–water partition coefficient (Wildman–Crippen LogP) is 4.06. The lowest BCUT2D eigenvalue weighted by Gasteiger charge is -2.22. The summed E-state index contributed by atoms with van der Waals surface area (Å²) in [7, 11) is 2.02. The van der Waals surface area contributed by atoms with E-state index in [4.69, 9.17) is 11.6 Å². The van der Waals surface area contributed by atoms with Crippen LogP contribution in [0.4, 0.5) is 0 Å². The van der Waals surface area contributed by atoms with Crippen molar-refractivity contribution in [3.05, 3.63) is 16.9 Å². The van der Waals surface area contributed by atoms with Gasteiger partial charge in [0.2, 0.25) is 0 Å². The van der Waals surface area contributed by atoms with Gasteiger partial charge in [0.15, 0.2) is 0 Å². The largest absolute Gasteiger partial charge is 0.311 e. The lowest BCUT2D eigenvalue weighted by atomic mass is 10.0. The highest BCUT2D eigenvalue weighted by Crippen LogP contribution is 2.72. The zero-order chi connectivity index (χ0) is 14.6. The van der Waals surface area contributed by atoms with Gasteiger partial charge >= 0.3 is 0 Å². The minimum absolute atomic E-state index is 0.252. The highest BCUT2D eigenvalue weighted by molar-refractivity contribution is 6.31. The van der Waals surface area contributed by atoms with Gasteiger partial charge in [-0.25, -0.2) is 0 Å². The van der Waals surface area contributed by atoms with Crippen LogP contribution in [0.3, 0.4) is 0 Å². The van der Waals surface area contributed by atoms with Gasteiger partial charge in [-0.1, -0.05) is 39.3 Å². The summed E-state index contributed by atoms with van der Waals surface area (Å²) in [6, 6.07) is 0.575. The molecular weight excluding hydrogens is 258 g/mol. The Bertz CT molecular complexity index is 460. The second kappa shape index (κ2) is 4.49. The van der Waals surface area contributed by atoms with E-state index in [9.17, 15) is 0 Å². The number of hydrogen-bond donors (Lipinski definition) is 1. The van der Waals surface area contributed by atoms with E-state index >= 15 is 0 Å². The molecule has 0 spiro atoms. The molecule has 1 atom stereocenters. The Morgan fingerprint density at radius 1 is 1.26 bits per heavy atom. The molecule has 1 saturated carbocycles. The van der Waals surface area contributed by atoms with Crippen molar-refractivity contribution in [1.29, 1.82) is 0 Å². The molecule has 0 radical (unpaired) electrons. The Morgan fingerprint density at radius 2 is 1.79 bits per heavy atom. The molecule has 1 heterocycles. The number of nitrogens with one attached hydrogen (secondary N) is 1. The van der Waals surface area contributed by atoms with Crippen LogP contribution in [0.25, 0.3) is 0 Å². The minimum atomic E-state index is 0.252. The quantitative estimate of drug-likeness (QED) is 0.903. The van der Waals surface area contributed by atoms with Crippen LogP contribution >= 0.6 is 11.6 Å². The maximum atomic E-state index is 6.40. The van der Waals surface area contributed by atoms with Crippen molar-refractivity contribution in [3.8, 4) is 0 Å². The molecule has 1 fully saturated rings. The molecule has 4 heteroatoms. The van der Waals surface area contributed by atoms with Crippen molar-refractivity contribution < 1.29 is 0 Å². The molecule has 0 aromatic carbocycles. The molecule has 3 nitrogen and oxygen atoms in total. The Morgan fingerprint density at radius 3 is 2.16 bits per heavy atom. The van der Waals surface area contributed by atoms with Gasteiger partial charge in [0, 0.05) is 6.04 Å². The van der Waals surface area contributed by atoms with Crippen LogP contribution in [-0.4, -0.2) is 16.8 Å². The molecule has 0 aliphatic heterocycles. The molecule has 19 heavy (non-hydrogen) atoms. The average Bonchev–Trinajstić information content (AvgIpc) is 2.62. The third-order valence-electron chi connectivity index (χ3n) is 5.35. The first-order valence-electron chi connectivity index (χ1n) is 7.06. The van der Waals surface area contributed by atoms with E-state index in [1.807, 2.05) is 11.7 Å². The summed E-state index contributed by atoms with van der Waals surface area (Å²) in [5, 5.41) is 8.67. The average molecular weight is 284 g/mol. The van der Waals surface area contributed by atoms with Crippen molar-refractivity contribution in [3.63, 3.8) is 0 Å². The number of hydrogen-bond acceptors (Lipinski definition) is 2. The maximum absolute atomic E-state index is 6.40. The maximum Gasteiger partial charge on any atom is 0.0834 e. The first-order chi connectivity index (χ1) is 8.66. The summed E-state index contributed by atoms with van der Waals surface area (Å²) in [4.78, 5) is 0. The van der Waals surface area contributed by atoms with E-state index < -0.39 is 0 Å². The fraction of sp³-hybridized carbons (Fsp3) is 0.800. The van der Waals surface area contributed by atoms with Gasteiger partial charge in [-0.05, 0) is 37.6 Å². The second-order valence-corrected chi connectivity index (χ2v) is 7.51. The van der Waals surface area contributed by atoms with E-state index in [0.29, 0.717) is 22.8 Å². The third kappa shape index (κ3) is 2.02. The fourth-order valence-corrected chi connectivity index (χ4v) is 3.84. The zero-order valence-corrected chi connectivity index (χ0v) is 13.8. The second-order valence-electron chi connectivity index (χ2n) is 7.10. The Balaban J connectivity index is 2.43.